The molecule has 1 aliphatic heterocycles. The lowest BCUT2D eigenvalue weighted by Crippen LogP contribution is -2.36. The van der Waals surface area contributed by atoms with Crippen LogP contribution in [0.5, 0.6) is 0 Å². The number of amides is 2. The fraction of sp³-hybridized carbons (Fsp3) is 0.333. The van der Waals surface area contributed by atoms with Crippen molar-refractivity contribution in [2.24, 2.45) is 0 Å². The number of hydrogen-bond donors (Lipinski definition) is 1. The van der Waals surface area contributed by atoms with E-state index >= 15 is 0 Å². The fourth-order valence-corrected chi connectivity index (χ4v) is 2.20. The summed E-state index contributed by atoms with van der Waals surface area (Å²) in [5.74, 6) is -0.984. The van der Waals surface area contributed by atoms with Crippen molar-refractivity contribution in [3.8, 4) is 0 Å². The van der Waals surface area contributed by atoms with Crippen LogP contribution in [0.2, 0.25) is 0 Å². The molecular formula is C12H13BrN2O3. The number of carbonyl (C=O) groups is 2. The Morgan fingerprint density at radius 1 is 1.50 bits per heavy atom. The molecule has 0 radical (unpaired) electrons. The van der Waals surface area contributed by atoms with Crippen LogP contribution in [0.25, 0.3) is 0 Å². The first-order valence-corrected chi connectivity index (χ1v) is 6.24. The first kappa shape index (κ1) is 12.9. The summed E-state index contributed by atoms with van der Waals surface area (Å²) in [6.07, 6.45) is 0. The molecule has 1 heterocycles. The molecular weight excluding hydrogens is 300 g/mol. The smallest absolute Gasteiger partial charge is 0.328 e. The second-order valence-corrected chi connectivity index (χ2v) is 5.15. The molecule has 0 aliphatic carbocycles. The Kier molecular flexibility index (Phi) is 3.30. The molecule has 1 aromatic carbocycles. The van der Waals surface area contributed by atoms with Gasteiger partial charge in [-0.05, 0) is 30.7 Å². The molecule has 0 saturated carbocycles. The second-order valence-electron chi connectivity index (χ2n) is 4.29. The molecule has 5 nitrogen and oxygen atoms in total. The third-order valence-corrected chi connectivity index (χ3v) is 3.98. The van der Waals surface area contributed by atoms with Crippen LogP contribution in [0.15, 0.2) is 22.7 Å². The summed E-state index contributed by atoms with van der Waals surface area (Å²) in [6.45, 7) is 2.10. The van der Waals surface area contributed by atoms with Crippen LogP contribution in [0.4, 0.5) is 10.5 Å². The molecule has 96 valence electrons. The lowest BCUT2D eigenvalue weighted by Gasteiger charge is -2.16. The van der Waals surface area contributed by atoms with Gasteiger partial charge in [0.1, 0.15) is 6.04 Å². The van der Waals surface area contributed by atoms with Gasteiger partial charge in [0.15, 0.2) is 0 Å². The largest absolute Gasteiger partial charge is 0.480 e. The van der Waals surface area contributed by atoms with Crippen LogP contribution in [0.3, 0.4) is 0 Å². The van der Waals surface area contributed by atoms with E-state index in [-0.39, 0.29) is 12.6 Å². The van der Waals surface area contributed by atoms with Crippen molar-refractivity contribution in [2.45, 2.75) is 13.0 Å². The zero-order valence-electron chi connectivity index (χ0n) is 10.1. The Morgan fingerprint density at radius 3 is 2.67 bits per heavy atom. The molecule has 6 heteroatoms. The Labute approximate surface area is 113 Å². The Balaban J connectivity index is 2.32. The summed E-state index contributed by atoms with van der Waals surface area (Å²) in [6, 6.07) is 4.43. The number of likely N-dealkylation sites (N-methyl/N-ethyl adjacent to an activating group) is 1. The van der Waals surface area contributed by atoms with E-state index in [0.717, 1.165) is 15.7 Å². The second kappa shape index (κ2) is 4.61. The number of aliphatic carboxylic acids is 1. The van der Waals surface area contributed by atoms with Crippen molar-refractivity contribution in [1.82, 2.24) is 4.90 Å². The Morgan fingerprint density at radius 2 is 2.17 bits per heavy atom. The average Bonchev–Trinajstić information content (AvgIpc) is 2.60. The van der Waals surface area contributed by atoms with Crippen LogP contribution in [0, 0.1) is 6.92 Å². The van der Waals surface area contributed by atoms with Crippen molar-refractivity contribution >= 4 is 33.6 Å². The van der Waals surface area contributed by atoms with Crippen LogP contribution in [0.1, 0.15) is 5.56 Å². The maximum Gasteiger partial charge on any atom is 0.328 e. The molecule has 0 aromatic heterocycles. The maximum absolute atomic E-state index is 12.0. The number of benzene rings is 1. The molecule has 2 rings (SSSR count). The molecule has 1 aliphatic rings. The maximum atomic E-state index is 12.0. The highest BCUT2D eigenvalue weighted by Crippen LogP contribution is 2.27. The monoisotopic (exact) mass is 312 g/mol. The number of carboxylic acids is 1. The topological polar surface area (TPSA) is 60.9 Å². The molecule has 1 aromatic rings. The SMILES string of the molecule is Cc1cc(N2CC(C(=O)O)N(C)C2=O)ccc1Br. The lowest BCUT2D eigenvalue weighted by atomic mass is 10.2. The number of nitrogens with zero attached hydrogens (tertiary/aromatic N) is 2. The quantitative estimate of drug-likeness (QED) is 0.909. The minimum absolute atomic E-state index is 0.172. The van der Waals surface area contributed by atoms with Gasteiger partial charge in [-0.3, -0.25) is 4.90 Å². The van der Waals surface area contributed by atoms with Crippen LogP contribution >= 0.6 is 15.9 Å². The van der Waals surface area contributed by atoms with Gasteiger partial charge in [-0.25, -0.2) is 9.59 Å². The molecule has 1 unspecified atom stereocenters. The predicted octanol–water partition coefficient (Wildman–Crippen LogP) is 2.08. The number of carboxylic acid groups (broad SMARTS) is 1. The first-order chi connectivity index (χ1) is 8.41. The van der Waals surface area contributed by atoms with E-state index in [1.54, 1.807) is 6.07 Å². The lowest BCUT2D eigenvalue weighted by molar-refractivity contribution is -0.140. The normalized spacial score (nSPS) is 19.5. The Bertz CT molecular complexity index is 518. The van der Waals surface area contributed by atoms with E-state index in [1.165, 1.54) is 16.8 Å². The van der Waals surface area contributed by atoms with Gasteiger partial charge in [-0.15, -0.1) is 0 Å². The van der Waals surface area contributed by atoms with E-state index in [2.05, 4.69) is 15.9 Å². The van der Waals surface area contributed by atoms with Crippen molar-refractivity contribution in [2.75, 3.05) is 18.5 Å². The molecule has 1 N–H and O–H groups in total. The van der Waals surface area contributed by atoms with E-state index in [9.17, 15) is 9.59 Å². The fourth-order valence-electron chi connectivity index (χ4n) is 1.95. The highest BCUT2D eigenvalue weighted by Gasteiger charge is 2.39. The van der Waals surface area contributed by atoms with Crippen molar-refractivity contribution < 1.29 is 14.7 Å². The molecule has 0 bridgehead atoms. The first-order valence-electron chi connectivity index (χ1n) is 5.45. The zero-order chi connectivity index (χ0) is 13.4. The third-order valence-electron chi connectivity index (χ3n) is 3.09. The minimum Gasteiger partial charge on any atom is -0.480 e. The van der Waals surface area contributed by atoms with Gasteiger partial charge in [0, 0.05) is 17.2 Å². The number of hydrogen-bond acceptors (Lipinski definition) is 2. The van der Waals surface area contributed by atoms with Crippen molar-refractivity contribution in [3.05, 3.63) is 28.2 Å². The van der Waals surface area contributed by atoms with Gasteiger partial charge < -0.3 is 10.0 Å². The number of urea groups is 1. The highest BCUT2D eigenvalue weighted by atomic mass is 79.9. The minimum atomic E-state index is -0.984. The summed E-state index contributed by atoms with van der Waals surface area (Å²) in [4.78, 5) is 25.8. The van der Waals surface area contributed by atoms with Crippen molar-refractivity contribution in [1.29, 1.82) is 0 Å². The number of anilines is 1. The zero-order valence-corrected chi connectivity index (χ0v) is 11.6. The van der Waals surface area contributed by atoms with Gasteiger partial charge in [-0.1, -0.05) is 15.9 Å². The van der Waals surface area contributed by atoms with E-state index in [4.69, 9.17) is 5.11 Å². The van der Waals surface area contributed by atoms with Gasteiger partial charge in [0.05, 0.1) is 6.54 Å². The van der Waals surface area contributed by atoms with E-state index in [0.29, 0.717) is 0 Å². The molecule has 2 amide bonds. The Hall–Kier alpha value is -1.56. The van der Waals surface area contributed by atoms with Gasteiger partial charge in [0.2, 0.25) is 0 Å². The molecule has 0 spiro atoms. The summed E-state index contributed by atoms with van der Waals surface area (Å²) >= 11 is 3.39. The van der Waals surface area contributed by atoms with Gasteiger partial charge in [-0.2, -0.15) is 0 Å². The number of carbonyl (C=O) groups excluding carboxylic acids is 1. The summed E-state index contributed by atoms with van der Waals surface area (Å²) in [5, 5.41) is 9.04. The number of aryl methyl sites for hydroxylation is 1. The van der Waals surface area contributed by atoms with Crippen LogP contribution < -0.4 is 4.90 Å². The summed E-state index contributed by atoms with van der Waals surface area (Å²) in [5.41, 5.74) is 1.72. The van der Waals surface area contributed by atoms with E-state index < -0.39 is 12.0 Å². The standard InChI is InChI=1S/C12H13BrN2O3/c1-7-5-8(3-4-9(7)13)15-6-10(11(16)17)14(2)12(15)18/h3-5,10H,6H2,1-2H3,(H,16,17). The molecule has 1 fully saturated rings. The highest BCUT2D eigenvalue weighted by molar-refractivity contribution is 9.10. The van der Waals surface area contributed by atoms with Crippen LogP contribution in [-0.4, -0.2) is 41.6 Å². The number of halogens is 1. The van der Waals surface area contributed by atoms with Crippen molar-refractivity contribution in [3.63, 3.8) is 0 Å². The van der Waals surface area contributed by atoms with Gasteiger partial charge >= 0.3 is 12.0 Å². The summed E-state index contributed by atoms with van der Waals surface area (Å²) < 4.78 is 0.959. The molecule has 18 heavy (non-hydrogen) atoms. The molecule has 1 saturated heterocycles. The summed E-state index contributed by atoms with van der Waals surface area (Å²) in [7, 11) is 1.51. The molecule has 1 atom stereocenters. The van der Waals surface area contributed by atoms with Gasteiger partial charge in [0.25, 0.3) is 0 Å². The average molecular weight is 313 g/mol. The van der Waals surface area contributed by atoms with Crippen LogP contribution in [-0.2, 0) is 4.79 Å². The number of rotatable bonds is 2. The van der Waals surface area contributed by atoms with E-state index in [1.807, 2.05) is 19.1 Å². The third kappa shape index (κ3) is 2.08. The predicted molar refractivity (Wildman–Crippen MR) is 70.8 cm³/mol.